The second-order valence-corrected chi connectivity index (χ2v) is 14.1. The van der Waals surface area contributed by atoms with Crippen LogP contribution in [0, 0.1) is 23.6 Å². The SMILES string of the molecule is CS(=O)(=O)Nc1ccc2c(c1)S(=O)(=O)N=C(C1=C(O)[C@@H]3[C@@H]4CC[C@H](C4)[C@@H]3N(Cc3ccc(F)c(Cl)c3)C1=O)N2. The van der Waals surface area contributed by atoms with E-state index in [2.05, 4.69) is 14.4 Å². The largest absolute Gasteiger partial charge is 0.511 e. The van der Waals surface area contributed by atoms with Crippen LogP contribution in [0.2, 0.25) is 5.02 Å². The average Bonchev–Trinajstić information content (AvgIpc) is 3.46. The highest BCUT2D eigenvalue weighted by molar-refractivity contribution is 7.92. The molecule has 2 fully saturated rings. The fourth-order valence-electron chi connectivity index (χ4n) is 6.43. The van der Waals surface area contributed by atoms with E-state index in [1.54, 1.807) is 4.90 Å². The standard InChI is InChI=1S/C25H24ClFN4O6S2/c1-38(34,35)29-15-5-7-18-19(10-15)39(36,37)30-24(28-18)21-23(32)20-13-3-4-14(9-13)22(20)31(25(21)33)11-12-2-6-17(27)16(26)8-12/h2,5-8,10,13-14,20,22,29,32H,3-4,9,11H2,1H3,(H,28,30)/t13-,14-,20-,22+/m1/s1. The Balaban J connectivity index is 1.41. The van der Waals surface area contributed by atoms with Gasteiger partial charge in [0.05, 0.1) is 17.0 Å². The minimum Gasteiger partial charge on any atom is -0.511 e. The first-order chi connectivity index (χ1) is 18.3. The van der Waals surface area contributed by atoms with E-state index in [1.165, 1.54) is 30.3 Å². The van der Waals surface area contributed by atoms with Crippen LogP contribution >= 0.6 is 11.6 Å². The summed E-state index contributed by atoms with van der Waals surface area (Å²) in [6.07, 6.45) is 3.56. The predicted octanol–water partition coefficient (Wildman–Crippen LogP) is 3.63. The molecule has 2 heterocycles. The second-order valence-electron chi connectivity index (χ2n) is 10.4. The molecule has 39 heavy (non-hydrogen) atoms. The molecule has 0 aromatic heterocycles. The molecule has 4 aliphatic rings. The number of hydrogen-bond donors (Lipinski definition) is 3. The van der Waals surface area contributed by atoms with Gasteiger partial charge in [-0.15, -0.1) is 4.40 Å². The van der Waals surface area contributed by atoms with Crippen LogP contribution in [-0.4, -0.2) is 50.9 Å². The van der Waals surface area contributed by atoms with Gasteiger partial charge >= 0.3 is 0 Å². The third-order valence-electron chi connectivity index (χ3n) is 7.88. The minimum absolute atomic E-state index is 0.0324. The maximum atomic E-state index is 14.0. The number of aliphatic hydroxyl groups is 1. The smallest absolute Gasteiger partial charge is 0.286 e. The van der Waals surface area contributed by atoms with E-state index in [1.807, 2.05) is 0 Å². The maximum Gasteiger partial charge on any atom is 0.286 e. The monoisotopic (exact) mass is 594 g/mol. The Hall–Kier alpha value is -3.16. The van der Waals surface area contributed by atoms with Crippen LogP contribution in [0.25, 0.3) is 0 Å². The summed E-state index contributed by atoms with van der Waals surface area (Å²) in [5, 5.41) is 14.2. The van der Waals surface area contributed by atoms with E-state index in [9.17, 15) is 31.1 Å². The van der Waals surface area contributed by atoms with Crippen LogP contribution < -0.4 is 10.0 Å². The van der Waals surface area contributed by atoms with Crippen molar-refractivity contribution in [2.24, 2.45) is 22.2 Å². The molecule has 2 aliphatic carbocycles. The summed E-state index contributed by atoms with van der Waals surface area (Å²) < 4.78 is 69.4. The van der Waals surface area contributed by atoms with Crippen LogP contribution in [-0.2, 0) is 31.4 Å². The number of nitrogens with one attached hydrogen (secondary N) is 2. The highest BCUT2D eigenvalue weighted by Crippen LogP contribution is 2.55. The first kappa shape index (κ1) is 26.1. The lowest BCUT2D eigenvalue weighted by molar-refractivity contribution is -0.134. The summed E-state index contributed by atoms with van der Waals surface area (Å²) in [6, 6.07) is 7.78. The van der Waals surface area contributed by atoms with Crippen molar-refractivity contribution in [2.75, 3.05) is 16.3 Å². The van der Waals surface area contributed by atoms with E-state index in [-0.39, 0.29) is 68.8 Å². The summed E-state index contributed by atoms with van der Waals surface area (Å²) in [6.45, 7) is 0.0944. The zero-order chi connectivity index (χ0) is 27.9. The summed E-state index contributed by atoms with van der Waals surface area (Å²) in [5.41, 5.74) is 0.480. The number of hydrogen-bond acceptors (Lipinski definition) is 7. The molecule has 2 saturated carbocycles. The van der Waals surface area contributed by atoms with Gasteiger partial charge in [0, 0.05) is 24.2 Å². The number of amides is 1. The lowest BCUT2D eigenvalue weighted by Crippen LogP contribution is -2.53. The van der Waals surface area contributed by atoms with Crippen LogP contribution in [0.1, 0.15) is 24.8 Å². The molecule has 4 atom stereocenters. The number of benzene rings is 2. The fourth-order valence-corrected chi connectivity index (χ4v) is 8.34. The highest BCUT2D eigenvalue weighted by atomic mass is 35.5. The number of fused-ring (bicyclic) bond motifs is 6. The van der Waals surface area contributed by atoms with Crippen LogP contribution in [0.15, 0.2) is 57.0 Å². The van der Waals surface area contributed by atoms with Crippen molar-refractivity contribution in [2.45, 2.75) is 36.7 Å². The first-order valence-electron chi connectivity index (χ1n) is 12.2. The quantitative estimate of drug-likeness (QED) is 0.479. The van der Waals surface area contributed by atoms with E-state index < -0.39 is 31.8 Å². The molecular weight excluding hydrogens is 571 g/mol. The zero-order valence-corrected chi connectivity index (χ0v) is 22.9. The van der Waals surface area contributed by atoms with Gasteiger partial charge in [-0.1, -0.05) is 17.7 Å². The van der Waals surface area contributed by atoms with Crippen molar-refractivity contribution in [3.05, 3.63) is 64.1 Å². The Morgan fingerprint density at radius 1 is 1.21 bits per heavy atom. The van der Waals surface area contributed by atoms with E-state index in [0.717, 1.165) is 31.6 Å². The van der Waals surface area contributed by atoms with Gasteiger partial charge in [-0.3, -0.25) is 9.52 Å². The van der Waals surface area contributed by atoms with Crippen LogP contribution in [0.5, 0.6) is 0 Å². The van der Waals surface area contributed by atoms with Gasteiger partial charge in [-0.25, -0.2) is 12.8 Å². The number of sulfonamides is 2. The van der Waals surface area contributed by atoms with Crippen molar-refractivity contribution in [1.82, 2.24) is 4.90 Å². The summed E-state index contributed by atoms with van der Waals surface area (Å²) in [7, 11) is -8.02. The Labute approximate surface area is 229 Å². The molecule has 0 unspecified atom stereocenters. The molecule has 0 spiro atoms. The lowest BCUT2D eigenvalue weighted by atomic mass is 9.77. The van der Waals surface area contributed by atoms with Crippen LogP contribution in [0.4, 0.5) is 15.8 Å². The Morgan fingerprint density at radius 3 is 2.67 bits per heavy atom. The number of nitrogens with zero attached hydrogens (tertiary/aromatic N) is 2. The first-order valence-corrected chi connectivity index (χ1v) is 16.0. The van der Waals surface area contributed by atoms with Crippen molar-refractivity contribution in [3.63, 3.8) is 0 Å². The molecule has 206 valence electrons. The summed E-state index contributed by atoms with van der Waals surface area (Å²) in [4.78, 5) is 15.3. The number of halogens is 2. The normalized spacial score (nSPS) is 27.1. The number of anilines is 2. The summed E-state index contributed by atoms with van der Waals surface area (Å²) in [5.74, 6) is -1.76. The van der Waals surface area contributed by atoms with Gasteiger partial charge in [-0.2, -0.15) is 8.42 Å². The zero-order valence-electron chi connectivity index (χ0n) is 20.6. The average molecular weight is 595 g/mol. The molecule has 1 amide bonds. The van der Waals surface area contributed by atoms with Gasteiger partial charge in [0.2, 0.25) is 10.0 Å². The van der Waals surface area contributed by atoms with E-state index in [0.29, 0.717) is 5.56 Å². The van der Waals surface area contributed by atoms with Gasteiger partial charge in [-0.05, 0) is 67.0 Å². The van der Waals surface area contributed by atoms with Crippen molar-refractivity contribution < 1.29 is 31.1 Å². The molecule has 0 saturated heterocycles. The number of amidine groups is 1. The third kappa shape index (κ3) is 4.45. The molecule has 0 radical (unpaired) electrons. The Bertz CT molecular complexity index is 1710. The van der Waals surface area contributed by atoms with Crippen molar-refractivity contribution in [3.8, 4) is 0 Å². The van der Waals surface area contributed by atoms with Gasteiger partial charge in [0.1, 0.15) is 22.0 Å². The Morgan fingerprint density at radius 2 is 1.95 bits per heavy atom. The molecule has 2 aliphatic heterocycles. The Kier molecular flexibility index (Phi) is 5.97. The number of carbonyl (C=O) groups is 1. The molecule has 14 heteroatoms. The third-order valence-corrected chi connectivity index (χ3v) is 10.1. The second kappa shape index (κ2) is 8.93. The lowest BCUT2D eigenvalue weighted by Gasteiger charge is -2.44. The molecule has 2 aromatic carbocycles. The molecule has 2 aromatic rings. The van der Waals surface area contributed by atoms with E-state index >= 15 is 0 Å². The molecule has 2 bridgehead atoms. The molecule has 10 nitrogen and oxygen atoms in total. The number of rotatable bonds is 5. The summed E-state index contributed by atoms with van der Waals surface area (Å²) >= 11 is 5.98. The highest BCUT2D eigenvalue weighted by Gasteiger charge is 2.57. The topological polar surface area (TPSA) is 145 Å². The molecular formula is C25H24ClFN4O6S2. The van der Waals surface area contributed by atoms with Crippen molar-refractivity contribution in [1.29, 1.82) is 0 Å². The van der Waals surface area contributed by atoms with Crippen LogP contribution in [0.3, 0.4) is 0 Å². The van der Waals surface area contributed by atoms with Gasteiger partial charge in [0.25, 0.3) is 15.9 Å². The number of carbonyl (C=O) groups excluding carboxylic acids is 1. The van der Waals surface area contributed by atoms with E-state index in [4.69, 9.17) is 11.6 Å². The van der Waals surface area contributed by atoms with Gasteiger partial charge < -0.3 is 15.3 Å². The maximum absolute atomic E-state index is 14.0. The van der Waals surface area contributed by atoms with Gasteiger partial charge in [0.15, 0.2) is 5.84 Å². The predicted molar refractivity (Wildman–Crippen MR) is 143 cm³/mol. The molecule has 3 N–H and O–H groups in total. The fraction of sp³-hybridized carbons (Fsp3) is 0.360. The number of aliphatic hydroxyl groups excluding tert-OH is 1. The minimum atomic E-state index is -4.37. The van der Waals surface area contributed by atoms with Crippen molar-refractivity contribution >= 4 is 54.8 Å². The molecule has 6 rings (SSSR count).